The summed E-state index contributed by atoms with van der Waals surface area (Å²) in [4.78, 5) is 36.2. The highest BCUT2D eigenvalue weighted by atomic mass is 16.6. The lowest BCUT2D eigenvalue weighted by Gasteiger charge is -2.24. The second-order valence-corrected chi connectivity index (χ2v) is 6.73. The molecule has 7 heteroatoms. The van der Waals surface area contributed by atoms with Gasteiger partial charge in [0.05, 0.1) is 0 Å². The van der Waals surface area contributed by atoms with Crippen LogP contribution in [0.3, 0.4) is 0 Å². The topological polar surface area (TPSA) is 96.5 Å². The molecule has 1 aromatic rings. The Hall–Kier alpha value is -2.57. The van der Waals surface area contributed by atoms with Crippen LogP contribution in [-0.2, 0) is 20.7 Å². The maximum Gasteiger partial charge on any atom is 0.408 e. The Morgan fingerprint density at radius 2 is 1.64 bits per heavy atom. The minimum absolute atomic E-state index is 0.284. The third-order valence-electron chi connectivity index (χ3n) is 3.29. The number of likely N-dealkylation sites (N-methyl/N-ethyl adjacent to an activating group) is 1. The smallest absolute Gasteiger partial charge is 0.408 e. The molecule has 0 saturated carbocycles. The van der Waals surface area contributed by atoms with E-state index in [9.17, 15) is 14.4 Å². The average Bonchev–Trinajstić information content (AvgIpc) is 2.52. The van der Waals surface area contributed by atoms with Crippen LogP contribution in [0.4, 0.5) is 4.79 Å². The lowest BCUT2D eigenvalue weighted by Crippen LogP contribution is -2.53. The van der Waals surface area contributed by atoms with Crippen molar-refractivity contribution in [1.82, 2.24) is 16.0 Å². The van der Waals surface area contributed by atoms with E-state index in [-0.39, 0.29) is 12.3 Å². The lowest BCUT2D eigenvalue weighted by molar-refractivity contribution is -0.129. The predicted molar refractivity (Wildman–Crippen MR) is 95.0 cm³/mol. The molecule has 2 atom stereocenters. The van der Waals surface area contributed by atoms with Crippen LogP contribution < -0.4 is 16.0 Å². The third kappa shape index (κ3) is 7.69. The number of carbonyl (C=O) groups is 3. The van der Waals surface area contributed by atoms with Gasteiger partial charge in [0, 0.05) is 13.5 Å². The molecule has 1 aromatic carbocycles. The van der Waals surface area contributed by atoms with Gasteiger partial charge in [-0.2, -0.15) is 0 Å². The van der Waals surface area contributed by atoms with Gasteiger partial charge in [-0.25, -0.2) is 4.79 Å². The highest BCUT2D eigenvalue weighted by Crippen LogP contribution is 2.09. The fourth-order valence-corrected chi connectivity index (χ4v) is 2.10. The van der Waals surface area contributed by atoms with Crippen LogP contribution in [0.5, 0.6) is 0 Å². The van der Waals surface area contributed by atoms with E-state index in [0.717, 1.165) is 5.56 Å². The summed E-state index contributed by atoms with van der Waals surface area (Å²) in [6.07, 6.45) is -0.400. The molecule has 0 aliphatic carbocycles. The quantitative estimate of drug-likeness (QED) is 0.723. The zero-order valence-corrected chi connectivity index (χ0v) is 15.4. The van der Waals surface area contributed by atoms with Crippen molar-refractivity contribution in [3.05, 3.63) is 35.9 Å². The monoisotopic (exact) mass is 349 g/mol. The van der Waals surface area contributed by atoms with Gasteiger partial charge >= 0.3 is 6.09 Å². The van der Waals surface area contributed by atoms with Crippen molar-refractivity contribution in [2.24, 2.45) is 0 Å². The molecule has 0 spiro atoms. The van der Waals surface area contributed by atoms with E-state index in [0.29, 0.717) is 0 Å². The van der Waals surface area contributed by atoms with E-state index in [2.05, 4.69) is 16.0 Å². The third-order valence-corrected chi connectivity index (χ3v) is 3.29. The molecule has 0 aliphatic heterocycles. The van der Waals surface area contributed by atoms with Crippen molar-refractivity contribution in [1.29, 1.82) is 0 Å². The van der Waals surface area contributed by atoms with Crippen molar-refractivity contribution >= 4 is 17.9 Å². The fraction of sp³-hybridized carbons (Fsp3) is 0.500. The molecule has 0 unspecified atom stereocenters. The van der Waals surface area contributed by atoms with Gasteiger partial charge in [-0.05, 0) is 33.3 Å². The van der Waals surface area contributed by atoms with Crippen LogP contribution >= 0.6 is 0 Å². The molecule has 0 bridgehead atoms. The molecule has 3 amide bonds. The summed E-state index contributed by atoms with van der Waals surface area (Å²) in [7, 11) is 1.49. The molecule has 0 aliphatic rings. The SMILES string of the molecule is CNC(=O)[C@H](C)NC(=O)[C@H](Cc1ccccc1)NC(=O)OC(C)(C)C. The minimum atomic E-state index is -0.857. The number of alkyl carbamates (subject to hydrolysis) is 1. The highest BCUT2D eigenvalue weighted by molar-refractivity contribution is 5.91. The Morgan fingerprint density at radius 3 is 2.16 bits per heavy atom. The van der Waals surface area contributed by atoms with Crippen molar-refractivity contribution < 1.29 is 19.1 Å². The zero-order valence-electron chi connectivity index (χ0n) is 15.4. The van der Waals surface area contributed by atoms with Gasteiger partial charge < -0.3 is 20.7 Å². The van der Waals surface area contributed by atoms with E-state index in [1.54, 1.807) is 27.7 Å². The first-order valence-corrected chi connectivity index (χ1v) is 8.18. The Labute approximate surface area is 148 Å². The number of hydrogen-bond donors (Lipinski definition) is 3. The van der Waals surface area contributed by atoms with Gasteiger partial charge in [0.25, 0.3) is 0 Å². The molecule has 3 N–H and O–H groups in total. The highest BCUT2D eigenvalue weighted by Gasteiger charge is 2.26. The first-order valence-electron chi connectivity index (χ1n) is 8.18. The molecule has 0 radical (unpaired) electrons. The number of amides is 3. The number of ether oxygens (including phenoxy) is 1. The van der Waals surface area contributed by atoms with Gasteiger partial charge in [0.15, 0.2) is 0 Å². The molecule has 0 saturated heterocycles. The largest absolute Gasteiger partial charge is 0.444 e. The molecule has 138 valence electrons. The number of nitrogens with one attached hydrogen (secondary N) is 3. The summed E-state index contributed by atoms with van der Waals surface area (Å²) in [5.41, 5.74) is 0.207. The molecule has 1 rings (SSSR count). The lowest BCUT2D eigenvalue weighted by atomic mass is 10.1. The Kier molecular flexibility index (Phi) is 7.42. The summed E-state index contributed by atoms with van der Waals surface area (Å²) in [6.45, 7) is 6.80. The summed E-state index contributed by atoms with van der Waals surface area (Å²) < 4.78 is 5.22. The van der Waals surface area contributed by atoms with Gasteiger partial charge in [0.2, 0.25) is 11.8 Å². The minimum Gasteiger partial charge on any atom is -0.444 e. The number of benzene rings is 1. The first kappa shape index (κ1) is 20.5. The molecular formula is C18H27N3O4. The van der Waals surface area contributed by atoms with E-state index in [1.165, 1.54) is 7.05 Å². The zero-order chi connectivity index (χ0) is 19.0. The second-order valence-electron chi connectivity index (χ2n) is 6.73. The van der Waals surface area contributed by atoms with Gasteiger partial charge in [-0.3, -0.25) is 9.59 Å². The normalized spacial score (nSPS) is 13.3. The van der Waals surface area contributed by atoms with Crippen LogP contribution in [0, 0.1) is 0 Å². The Morgan fingerprint density at radius 1 is 1.04 bits per heavy atom. The molecule has 25 heavy (non-hydrogen) atoms. The first-order chi connectivity index (χ1) is 11.6. The van der Waals surface area contributed by atoms with Gasteiger partial charge in [-0.15, -0.1) is 0 Å². The average molecular weight is 349 g/mol. The summed E-state index contributed by atoms with van der Waals surface area (Å²) in [5, 5.41) is 7.64. The van der Waals surface area contributed by atoms with E-state index >= 15 is 0 Å². The molecule has 7 nitrogen and oxygen atoms in total. The van der Waals surface area contributed by atoms with Gasteiger partial charge in [-0.1, -0.05) is 30.3 Å². The van der Waals surface area contributed by atoms with E-state index < -0.39 is 29.7 Å². The summed E-state index contributed by atoms with van der Waals surface area (Å²) in [6, 6.07) is 7.72. The Balaban J connectivity index is 2.84. The number of rotatable bonds is 6. The Bertz CT molecular complexity index is 596. The molecule has 0 aromatic heterocycles. The van der Waals surface area contributed by atoms with Crippen molar-refractivity contribution in [3.63, 3.8) is 0 Å². The van der Waals surface area contributed by atoms with Crippen LogP contribution in [0.2, 0.25) is 0 Å². The molecule has 0 heterocycles. The maximum absolute atomic E-state index is 12.5. The molecular weight excluding hydrogens is 322 g/mol. The van der Waals surface area contributed by atoms with Crippen molar-refractivity contribution in [2.75, 3.05) is 7.05 Å². The summed E-state index contributed by atoms with van der Waals surface area (Å²) >= 11 is 0. The van der Waals surface area contributed by atoms with Crippen LogP contribution in [0.1, 0.15) is 33.3 Å². The van der Waals surface area contributed by atoms with E-state index in [4.69, 9.17) is 4.74 Å². The number of carbonyl (C=O) groups excluding carboxylic acids is 3. The van der Waals surface area contributed by atoms with E-state index in [1.807, 2.05) is 30.3 Å². The fourth-order valence-electron chi connectivity index (χ4n) is 2.10. The summed E-state index contributed by atoms with van der Waals surface area (Å²) in [5.74, 6) is -0.769. The second kappa shape index (κ2) is 9.05. The van der Waals surface area contributed by atoms with Gasteiger partial charge in [0.1, 0.15) is 17.7 Å². The van der Waals surface area contributed by atoms with Crippen molar-refractivity contribution in [2.45, 2.75) is 51.8 Å². The molecule has 0 fully saturated rings. The standard InChI is InChI=1S/C18H27N3O4/c1-12(15(22)19-5)20-16(23)14(11-13-9-7-6-8-10-13)21-17(24)25-18(2,3)4/h6-10,12,14H,11H2,1-5H3,(H,19,22)(H,20,23)(H,21,24)/t12-,14-/m0/s1. The predicted octanol–water partition coefficient (Wildman–Crippen LogP) is 1.37. The van der Waals surface area contributed by atoms with Crippen LogP contribution in [-0.4, -0.2) is 42.6 Å². The number of hydrogen-bond acceptors (Lipinski definition) is 4. The van der Waals surface area contributed by atoms with Crippen molar-refractivity contribution in [3.8, 4) is 0 Å². The van der Waals surface area contributed by atoms with Crippen LogP contribution in [0.25, 0.3) is 0 Å². The maximum atomic E-state index is 12.5. The van der Waals surface area contributed by atoms with Crippen LogP contribution in [0.15, 0.2) is 30.3 Å².